The summed E-state index contributed by atoms with van der Waals surface area (Å²) in [5.74, 6) is 0. The molecular weight excluding hydrogens is 202 g/mol. The van der Waals surface area contributed by atoms with Crippen molar-refractivity contribution >= 4 is 0 Å². The lowest BCUT2D eigenvalue weighted by atomic mass is 9.75. The summed E-state index contributed by atoms with van der Waals surface area (Å²) in [6.07, 6.45) is 3.65. The molecule has 1 atom stereocenters. The molecule has 1 aliphatic carbocycles. The topological polar surface area (TPSA) is 34.4 Å². The third-order valence-electron chi connectivity index (χ3n) is 3.40. The van der Waals surface area contributed by atoms with Crippen LogP contribution in [0, 0.1) is 5.41 Å². The van der Waals surface area contributed by atoms with Gasteiger partial charge in [-0.1, -0.05) is 13.8 Å². The van der Waals surface area contributed by atoms with Gasteiger partial charge >= 0.3 is 0 Å². The number of rotatable bonds is 3. The molecule has 0 aromatic carbocycles. The number of nitrogens with zero attached hydrogens (tertiary/aromatic N) is 1. The Morgan fingerprint density at radius 1 is 1.56 bits per heavy atom. The lowest BCUT2D eigenvalue weighted by molar-refractivity contribution is 0.0971. The van der Waals surface area contributed by atoms with Crippen molar-refractivity contribution in [1.82, 2.24) is 4.57 Å². The average Bonchev–Trinajstić information content (AvgIpc) is 2.56. The van der Waals surface area contributed by atoms with E-state index >= 15 is 0 Å². The molecule has 0 saturated carbocycles. The summed E-state index contributed by atoms with van der Waals surface area (Å²) in [4.78, 5) is 0. The second-order valence-electron chi connectivity index (χ2n) is 5.46. The van der Waals surface area contributed by atoms with Crippen LogP contribution in [-0.2, 0) is 17.7 Å². The maximum Gasteiger partial charge on any atom is 0.0812 e. The zero-order valence-electron chi connectivity index (χ0n) is 10.4. The van der Waals surface area contributed by atoms with E-state index in [0.717, 1.165) is 31.6 Å². The Bertz CT molecular complexity index is 368. The van der Waals surface area contributed by atoms with Crippen LogP contribution >= 0.6 is 0 Å². The van der Waals surface area contributed by atoms with Crippen LogP contribution in [0.25, 0.3) is 0 Å². The number of aromatic nitrogens is 1. The van der Waals surface area contributed by atoms with E-state index in [4.69, 9.17) is 4.74 Å². The molecule has 0 aliphatic heterocycles. The fourth-order valence-corrected chi connectivity index (χ4v) is 2.59. The van der Waals surface area contributed by atoms with Gasteiger partial charge in [0.2, 0.25) is 0 Å². The number of aliphatic hydroxyl groups excluding tert-OH is 1. The van der Waals surface area contributed by atoms with E-state index in [1.54, 1.807) is 7.11 Å². The maximum absolute atomic E-state index is 10.1. The molecule has 0 spiro atoms. The first-order valence-corrected chi connectivity index (χ1v) is 5.88. The summed E-state index contributed by atoms with van der Waals surface area (Å²) in [5.41, 5.74) is 2.58. The quantitative estimate of drug-likeness (QED) is 0.852. The molecule has 1 aliphatic rings. The molecule has 0 fully saturated rings. The number of methoxy groups -OCH3 is 1. The Morgan fingerprint density at radius 2 is 2.31 bits per heavy atom. The van der Waals surface area contributed by atoms with Gasteiger partial charge in [0, 0.05) is 31.1 Å². The van der Waals surface area contributed by atoms with Gasteiger partial charge in [-0.2, -0.15) is 0 Å². The van der Waals surface area contributed by atoms with Gasteiger partial charge in [0.25, 0.3) is 0 Å². The summed E-state index contributed by atoms with van der Waals surface area (Å²) in [5, 5.41) is 10.1. The highest BCUT2D eigenvalue weighted by atomic mass is 16.5. The van der Waals surface area contributed by atoms with Crippen molar-refractivity contribution in [3.8, 4) is 0 Å². The van der Waals surface area contributed by atoms with Gasteiger partial charge in [-0.25, -0.2) is 0 Å². The highest BCUT2D eigenvalue weighted by molar-refractivity contribution is 5.29. The van der Waals surface area contributed by atoms with Crippen molar-refractivity contribution in [2.75, 3.05) is 13.7 Å². The van der Waals surface area contributed by atoms with E-state index in [-0.39, 0.29) is 11.5 Å². The van der Waals surface area contributed by atoms with Crippen molar-refractivity contribution in [1.29, 1.82) is 0 Å². The fraction of sp³-hybridized carbons (Fsp3) is 0.692. The monoisotopic (exact) mass is 223 g/mol. The Morgan fingerprint density at radius 3 is 3.00 bits per heavy atom. The smallest absolute Gasteiger partial charge is 0.0812 e. The Balaban J connectivity index is 2.26. The molecule has 3 heteroatoms. The van der Waals surface area contributed by atoms with Crippen molar-refractivity contribution in [2.45, 2.75) is 39.3 Å². The van der Waals surface area contributed by atoms with Gasteiger partial charge in [0.1, 0.15) is 0 Å². The van der Waals surface area contributed by atoms with Crippen molar-refractivity contribution < 1.29 is 9.84 Å². The third kappa shape index (κ3) is 2.15. The summed E-state index contributed by atoms with van der Waals surface area (Å²) >= 11 is 0. The molecule has 3 nitrogen and oxygen atoms in total. The summed E-state index contributed by atoms with van der Waals surface area (Å²) < 4.78 is 7.31. The number of ether oxygens (including phenoxy) is 1. The van der Waals surface area contributed by atoms with E-state index in [1.165, 1.54) is 5.69 Å². The number of aliphatic hydroxyl groups is 1. The second kappa shape index (κ2) is 4.22. The fourth-order valence-electron chi connectivity index (χ4n) is 2.59. The second-order valence-corrected chi connectivity index (χ2v) is 5.46. The number of fused-ring (bicyclic) bond motifs is 1. The van der Waals surface area contributed by atoms with Crippen molar-refractivity contribution in [3.05, 3.63) is 23.5 Å². The molecule has 0 saturated heterocycles. The van der Waals surface area contributed by atoms with Crippen molar-refractivity contribution in [2.24, 2.45) is 5.41 Å². The van der Waals surface area contributed by atoms with Crippen LogP contribution in [0.5, 0.6) is 0 Å². The molecule has 1 aromatic rings. The minimum absolute atomic E-state index is 0.190. The standard InChI is InChI=1S/C13H21NO2/c1-13(2)8-11-10(12(15)9-13)4-5-14(11)6-7-16-3/h4-5,12,15H,6-9H2,1-3H3. The Kier molecular flexibility index (Phi) is 3.08. The first-order valence-electron chi connectivity index (χ1n) is 5.88. The van der Waals surface area contributed by atoms with E-state index in [0.29, 0.717) is 0 Å². The van der Waals surface area contributed by atoms with E-state index in [1.807, 2.05) is 6.07 Å². The van der Waals surface area contributed by atoms with Gasteiger partial charge in [-0.05, 0) is 24.3 Å². The zero-order chi connectivity index (χ0) is 11.8. The molecule has 1 N–H and O–H groups in total. The molecular formula is C13H21NO2. The van der Waals surface area contributed by atoms with Crippen LogP contribution in [0.3, 0.4) is 0 Å². The van der Waals surface area contributed by atoms with Crippen LogP contribution in [0.1, 0.15) is 37.6 Å². The maximum atomic E-state index is 10.1. The third-order valence-corrected chi connectivity index (χ3v) is 3.40. The summed E-state index contributed by atoms with van der Waals surface area (Å²) in [6, 6.07) is 2.05. The van der Waals surface area contributed by atoms with Gasteiger partial charge in [0.15, 0.2) is 0 Å². The predicted molar refractivity (Wildman–Crippen MR) is 63.4 cm³/mol. The molecule has 2 rings (SSSR count). The van der Waals surface area contributed by atoms with Gasteiger partial charge < -0.3 is 14.4 Å². The number of hydrogen-bond donors (Lipinski definition) is 1. The minimum atomic E-state index is -0.303. The first kappa shape index (κ1) is 11.7. The van der Waals surface area contributed by atoms with Crippen LogP contribution in [0.15, 0.2) is 12.3 Å². The van der Waals surface area contributed by atoms with Crippen molar-refractivity contribution in [3.63, 3.8) is 0 Å². The highest BCUT2D eigenvalue weighted by Crippen LogP contribution is 2.40. The van der Waals surface area contributed by atoms with Crippen LogP contribution in [-0.4, -0.2) is 23.4 Å². The largest absolute Gasteiger partial charge is 0.388 e. The average molecular weight is 223 g/mol. The predicted octanol–water partition coefficient (Wildman–Crippen LogP) is 2.14. The molecule has 1 unspecified atom stereocenters. The minimum Gasteiger partial charge on any atom is -0.388 e. The van der Waals surface area contributed by atoms with Crippen LogP contribution < -0.4 is 0 Å². The molecule has 16 heavy (non-hydrogen) atoms. The van der Waals surface area contributed by atoms with E-state index in [9.17, 15) is 5.11 Å². The SMILES string of the molecule is COCCn1ccc2c1CC(C)(C)CC2O. The Labute approximate surface area is 97.0 Å². The normalized spacial score (nSPS) is 23.1. The highest BCUT2D eigenvalue weighted by Gasteiger charge is 2.32. The molecule has 1 aromatic heterocycles. The van der Waals surface area contributed by atoms with Crippen LogP contribution in [0.2, 0.25) is 0 Å². The molecule has 0 radical (unpaired) electrons. The van der Waals surface area contributed by atoms with Gasteiger partial charge in [-0.15, -0.1) is 0 Å². The number of hydrogen-bond acceptors (Lipinski definition) is 2. The molecule has 1 heterocycles. The Hall–Kier alpha value is -0.800. The lowest BCUT2D eigenvalue weighted by Gasteiger charge is -2.33. The van der Waals surface area contributed by atoms with Crippen LogP contribution in [0.4, 0.5) is 0 Å². The summed E-state index contributed by atoms with van der Waals surface area (Å²) in [6.45, 7) is 6.02. The lowest BCUT2D eigenvalue weighted by Crippen LogP contribution is -2.27. The molecule has 0 bridgehead atoms. The zero-order valence-corrected chi connectivity index (χ0v) is 10.4. The van der Waals surface area contributed by atoms with E-state index < -0.39 is 0 Å². The van der Waals surface area contributed by atoms with Gasteiger partial charge in [0.05, 0.1) is 12.7 Å². The molecule has 0 amide bonds. The first-order chi connectivity index (χ1) is 7.53. The van der Waals surface area contributed by atoms with Gasteiger partial charge in [-0.3, -0.25) is 0 Å². The molecule has 90 valence electrons. The summed E-state index contributed by atoms with van der Waals surface area (Å²) in [7, 11) is 1.72. The van der Waals surface area contributed by atoms with E-state index in [2.05, 4.69) is 24.6 Å².